The molecule has 0 bridgehead atoms. The van der Waals surface area contributed by atoms with Gasteiger partial charge in [0.2, 0.25) is 10.0 Å². The van der Waals surface area contributed by atoms with Crippen LogP contribution in [-0.4, -0.2) is 27.0 Å². The molecule has 0 saturated carbocycles. The van der Waals surface area contributed by atoms with Crippen molar-refractivity contribution >= 4 is 10.0 Å². The monoisotopic (exact) mass is 276 g/mol. The van der Waals surface area contributed by atoms with Gasteiger partial charge in [-0.25, -0.2) is 21.9 Å². The maximum Gasteiger partial charge on any atom is 0.241 e. The van der Waals surface area contributed by atoms with E-state index in [-0.39, 0.29) is 4.90 Å². The van der Waals surface area contributed by atoms with Crippen molar-refractivity contribution in [2.45, 2.75) is 23.8 Å². The highest BCUT2D eigenvalue weighted by atomic mass is 32.2. The first-order valence-electron chi connectivity index (χ1n) is 5.52. The van der Waals surface area contributed by atoms with Crippen molar-refractivity contribution in [1.29, 1.82) is 0 Å². The van der Waals surface area contributed by atoms with Crippen molar-refractivity contribution in [3.63, 3.8) is 0 Å². The predicted octanol–water partition coefficient (Wildman–Crippen LogP) is 0.995. The van der Waals surface area contributed by atoms with Gasteiger partial charge >= 0.3 is 0 Å². The zero-order valence-corrected chi connectivity index (χ0v) is 10.7. The second kappa shape index (κ2) is 4.56. The summed E-state index contributed by atoms with van der Waals surface area (Å²) in [5.74, 6) is -2.24. The minimum Gasteiger partial charge on any atom is -0.315 e. The molecule has 1 saturated heterocycles. The van der Waals surface area contributed by atoms with Crippen LogP contribution in [0.5, 0.6) is 0 Å². The summed E-state index contributed by atoms with van der Waals surface area (Å²) in [6, 6.07) is 2.54. The molecule has 0 aliphatic carbocycles. The number of rotatable bonds is 3. The number of nitrogens with one attached hydrogen (secondary N) is 2. The molecule has 1 aliphatic heterocycles. The molecule has 1 unspecified atom stereocenters. The summed E-state index contributed by atoms with van der Waals surface area (Å²) in [6.07, 6.45) is 0.649. The molecule has 1 atom stereocenters. The lowest BCUT2D eigenvalue weighted by Crippen LogP contribution is -2.47. The highest BCUT2D eigenvalue weighted by molar-refractivity contribution is 7.89. The normalized spacial score (nSPS) is 24.4. The van der Waals surface area contributed by atoms with Crippen LogP contribution in [0.25, 0.3) is 0 Å². The Kier molecular flexibility index (Phi) is 3.39. The van der Waals surface area contributed by atoms with Gasteiger partial charge in [0, 0.05) is 12.1 Å². The molecule has 7 heteroatoms. The molecule has 1 aliphatic rings. The van der Waals surface area contributed by atoms with Crippen molar-refractivity contribution < 1.29 is 17.2 Å². The van der Waals surface area contributed by atoms with Crippen molar-refractivity contribution in [3.05, 3.63) is 29.8 Å². The topological polar surface area (TPSA) is 58.2 Å². The SMILES string of the molecule is CC1(NS(=O)(=O)c2ccc(F)c(F)c2)CCNC1. The summed E-state index contributed by atoms with van der Waals surface area (Å²) in [4.78, 5) is -0.269. The summed E-state index contributed by atoms with van der Waals surface area (Å²) in [5, 5.41) is 3.05. The fraction of sp³-hybridized carbons (Fsp3) is 0.455. The molecular formula is C11H14F2N2O2S. The molecule has 2 rings (SSSR count). The van der Waals surface area contributed by atoms with Gasteiger partial charge in [-0.15, -0.1) is 0 Å². The van der Waals surface area contributed by atoms with Crippen LogP contribution in [0.1, 0.15) is 13.3 Å². The summed E-state index contributed by atoms with van der Waals surface area (Å²) < 4.78 is 52.4. The van der Waals surface area contributed by atoms with E-state index >= 15 is 0 Å². The first-order valence-corrected chi connectivity index (χ1v) is 7.00. The Labute approximate surface area is 104 Å². The quantitative estimate of drug-likeness (QED) is 0.866. The molecule has 1 heterocycles. The van der Waals surface area contributed by atoms with E-state index in [0.717, 1.165) is 18.7 Å². The Balaban J connectivity index is 2.27. The second-order valence-corrected chi connectivity index (χ2v) is 6.35. The smallest absolute Gasteiger partial charge is 0.241 e. The third-order valence-corrected chi connectivity index (χ3v) is 4.59. The van der Waals surface area contributed by atoms with Gasteiger partial charge in [-0.05, 0) is 38.1 Å². The molecule has 100 valence electrons. The minimum absolute atomic E-state index is 0.269. The molecule has 4 nitrogen and oxygen atoms in total. The molecule has 2 N–H and O–H groups in total. The van der Waals surface area contributed by atoms with Crippen LogP contribution in [-0.2, 0) is 10.0 Å². The zero-order chi connectivity index (χ0) is 13.4. The molecule has 0 amide bonds. The van der Waals surface area contributed by atoms with E-state index in [1.54, 1.807) is 6.92 Å². The van der Waals surface area contributed by atoms with E-state index < -0.39 is 27.2 Å². The largest absolute Gasteiger partial charge is 0.315 e. The van der Waals surface area contributed by atoms with Gasteiger partial charge < -0.3 is 5.32 Å². The van der Waals surface area contributed by atoms with Crippen LogP contribution in [0.3, 0.4) is 0 Å². The Morgan fingerprint density at radius 2 is 2.06 bits per heavy atom. The number of benzene rings is 1. The fourth-order valence-corrected chi connectivity index (χ4v) is 3.38. The van der Waals surface area contributed by atoms with Gasteiger partial charge in [0.25, 0.3) is 0 Å². The Bertz CT molecular complexity index is 554. The van der Waals surface area contributed by atoms with E-state index in [0.29, 0.717) is 19.0 Å². The van der Waals surface area contributed by atoms with Crippen LogP contribution < -0.4 is 10.0 Å². The average molecular weight is 276 g/mol. The van der Waals surface area contributed by atoms with E-state index in [4.69, 9.17) is 0 Å². The standard InChI is InChI=1S/C11H14F2N2O2S/c1-11(4-5-14-7-11)15-18(16,17)8-2-3-9(12)10(13)6-8/h2-3,6,14-15H,4-5,7H2,1H3. The summed E-state index contributed by atoms with van der Waals surface area (Å²) in [7, 11) is -3.84. The van der Waals surface area contributed by atoms with Gasteiger partial charge in [-0.1, -0.05) is 0 Å². The van der Waals surface area contributed by atoms with Crippen molar-refractivity contribution in [3.8, 4) is 0 Å². The second-order valence-electron chi connectivity index (χ2n) is 4.67. The molecule has 0 spiro atoms. The third kappa shape index (κ3) is 2.68. The zero-order valence-electron chi connectivity index (χ0n) is 9.83. The molecule has 0 radical (unpaired) electrons. The third-order valence-electron chi connectivity index (χ3n) is 2.95. The summed E-state index contributed by atoms with van der Waals surface area (Å²) in [6.45, 7) is 3.00. The van der Waals surface area contributed by atoms with Gasteiger partial charge in [-0.2, -0.15) is 0 Å². The van der Waals surface area contributed by atoms with Crippen molar-refractivity contribution in [2.24, 2.45) is 0 Å². The Morgan fingerprint density at radius 3 is 2.61 bits per heavy atom. The number of hydrogen-bond acceptors (Lipinski definition) is 3. The average Bonchev–Trinajstić information content (AvgIpc) is 2.67. The molecule has 0 aromatic heterocycles. The first kappa shape index (κ1) is 13.4. The van der Waals surface area contributed by atoms with Crippen molar-refractivity contribution in [2.75, 3.05) is 13.1 Å². The lowest BCUT2D eigenvalue weighted by Gasteiger charge is -2.24. The van der Waals surface area contributed by atoms with E-state index in [1.165, 1.54) is 0 Å². The van der Waals surface area contributed by atoms with Crippen molar-refractivity contribution in [1.82, 2.24) is 10.0 Å². The molecule has 18 heavy (non-hydrogen) atoms. The summed E-state index contributed by atoms with van der Waals surface area (Å²) >= 11 is 0. The lowest BCUT2D eigenvalue weighted by atomic mass is 10.0. The lowest BCUT2D eigenvalue weighted by molar-refractivity contribution is 0.451. The number of sulfonamides is 1. The highest BCUT2D eigenvalue weighted by Gasteiger charge is 2.33. The van der Waals surface area contributed by atoms with E-state index in [1.807, 2.05) is 0 Å². The van der Waals surface area contributed by atoms with Gasteiger partial charge in [0.05, 0.1) is 4.90 Å². The Hall–Kier alpha value is -1.05. The van der Waals surface area contributed by atoms with Gasteiger partial charge in [0.15, 0.2) is 11.6 Å². The van der Waals surface area contributed by atoms with E-state index in [2.05, 4.69) is 10.0 Å². The molecule has 1 fully saturated rings. The van der Waals surface area contributed by atoms with Crippen LogP contribution in [0.15, 0.2) is 23.1 Å². The minimum atomic E-state index is -3.84. The van der Waals surface area contributed by atoms with Gasteiger partial charge in [-0.3, -0.25) is 0 Å². The first-order chi connectivity index (χ1) is 8.32. The van der Waals surface area contributed by atoms with Crippen LogP contribution in [0, 0.1) is 11.6 Å². The molecular weight excluding hydrogens is 262 g/mol. The maximum atomic E-state index is 13.0. The van der Waals surface area contributed by atoms with Crippen LogP contribution in [0.4, 0.5) is 8.78 Å². The fourth-order valence-electron chi connectivity index (χ4n) is 1.93. The molecule has 1 aromatic carbocycles. The van der Waals surface area contributed by atoms with Crippen LogP contribution >= 0.6 is 0 Å². The highest BCUT2D eigenvalue weighted by Crippen LogP contribution is 2.19. The number of hydrogen-bond donors (Lipinski definition) is 2. The maximum absolute atomic E-state index is 13.0. The Morgan fingerprint density at radius 1 is 1.33 bits per heavy atom. The molecule has 1 aromatic rings. The van der Waals surface area contributed by atoms with E-state index in [9.17, 15) is 17.2 Å². The summed E-state index contributed by atoms with van der Waals surface area (Å²) in [5.41, 5.74) is -0.594. The predicted molar refractivity (Wildman–Crippen MR) is 62.6 cm³/mol. The number of halogens is 2. The van der Waals surface area contributed by atoms with Gasteiger partial charge in [0.1, 0.15) is 0 Å². The van der Waals surface area contributed by atoms with Crippen LogP contribution in [0.2, 0.25) is 0 Å².